The Balaban J connectivity index is 1.88. The third-order valence-corrected chi connectivity index (χ3v) is 6.21. The number of hydrogen-bond donors (Lipinski definition) is 0. The lowest BCUT2D eigenvalue weighted by atomic mass is 10.1. The van der Waals surface area contributed by atoms with Gasteiger partial charge in [0.25, 0.3) is 5.56 Å². The fourth-order valence-electron chi connectivity index (χ4n) is 4.38. The Hall–Kier alpha value is -3.09. The first-order valence-corrected chi connectivity index (χ1v) is 11.1. The molecule has 0 saturated carbocycles. The van der Waals surface area contributed by atoms with Gasteiger partial charge in [0.2, 0.25) is 5.95 Å². The molecule has 2 atom stereocenters. The van der Waals surface area contributed by atoms with Crippen LogP contribution in [-0.2, 0) is 20.0 Å². The van der Waals surface area contributed by atoms with Crippen LogP contribution >= 0.6 is 0 Å². The monoisotopic (exact) mass is 421 g/mol. The number of aryl methyl sites for hydroxylation is 2. The molecule has 164 valence electrons. The molecule has 0 saturated heterocycles. The van der Waals surface area contributed by atoms with Crippen LogP contribution in [0, 0.1) is 5.92 Å². The Bertz CT molecular complexity index is 1230. The maximum absolute atomic E-state index is 13.4. The summed E-state index contributed by atoms with van der Waals surface area (Å²) in [5, 5.41) is 0. The number of benzene rings is 1. The van der Waals surface area contributed by atoms with Crippen LogP contribution < -0.4 is 16.1 Å². The molecule has 4 rings (SSSR count). The molecule has 0 N–H and O–H groups in total. The molecule has 31 heavy (non-hydrogen) atoms. The molecule has 0 unspecified atom stereocenters. The Morgan fingerprint density at radius 2 is 1.94 bits per heavy atom. The molecule has 0 spiro atoms. The summed E-state index contributed by atoms with van der Waals surface area (Å²) < 4.78 is 4.71. The van der Waals surface area contributed by atoms with E-state index in [0.29, 0.717) is 29.6 Å². The van der Waals surface area contributed by atoms with Gasteiger partial charge in [-0.2, -0.15) is 4.98 Å². The van der Waals surface area contributed by atoms with E-state index < -0.39 is 6.04 Å². The predicted molar refractivity (Wildman–Crippen MR) is 125 cm³/mol. The number of imidazole rings is 1. The van der Waals surface area contributed by atoms with E-state index >= 15 is 0 Å². The molecular weight excluding hydrogens is 390 g/mol. The van der Waals surface area contributed by atoms with Gasteiger partial charge in [0.15, 0.2) is 11.2 Å². The third-order valence-electron chi connectivity index (χ3n) is 6.21. The maximum atomic E-state index is 13.4. The van der Waals surface area contributed by atoms with E-state index in [1.807, 2.05) is 4.57 Å². The van der Waals surface area contributed by atoms with Crippen LogP contribution in [0.15, 0.2) is 46.5 Å². The molecule has 0 amide bonds. The molecule has 2 aromatic heterocycles. The first kappa shape index (κ1) is 21.2. The van der Waals surface area contributed by atoms with Crippen molar-refractivity contribution in [3.8, 4) is 0 Å². The summed E-state index contributed by atoms with van der Waals surface area (Å²) in [5.74, 6) is 1.04. The summed E-state index contributed by atoms with van der Waals surface area (Å²) in [6.45, 7) is 11.4. The van der Waals surface area contributed by atoms with E-state index in [0.717, 1.165) is 18.7 Å². The topological polar surface area (TPSA) is 65.1 Å². The average molecular weight is 422 g/mol. The highest BCUT2D eigenvalue weighted by Gasteiger charge is 2.30. The van der Waals surface area contributed by atoms with Gasteiger partial charge in [0, 0.05) is 25.8 Å². The number of allylic oxidation sites excluding steroid dienone is 1. The number of rotatable bonds is 6. The number of nitrogens with zero attached hydrogens (tertiary/aromatic N) is 5. The predicted octanol–water partition coefficient (Wildman–Crippen LogP) is 3.77. The number of fused-ring (bicyclic) bond motifs is 3. The summed E-state index contributed by atoms with van der Waals surface area (Å²) in [6, 6.07) is 8.21. The van der Waals surface area contributed by atoms with Crippen LogP contribution in [0.3, 0.4) is 0 Å². The first-order valence-electron chi connectivity index (χ1n) is 11.1. The van der Waals surface area contributed by atoms with Gasteiger partial charge in [-0.15, -0.1) is 6.58 Å². The third kappa shape index (κ3) is 3.52. The second kappa shape index (κ2) is 8.21. The van der Waals surface area contributed by atoms with Crippen molar-refractivity contribution < 1.29 is 0 Å². The van der Waals surface area contributed by atoms with Crippen molar-refractivity contribution in [1.82, 2.24) is 18.7 Å². The van der Waals surface area contributed by atoms with Crippen LogP contribution in [0.4, 0.5) is 11.6 Å². The van der Waals surface area contributed by atoms with E-state index in [-0.39, 0.29) is 11.2 Å². The minimum Gasteiger partial charge on any atom is -0.312 e. The second-order valence-electron chi connectivity index (χ2n) is 8.67. The molecular formula is C24H31N5O2. The molecule has 3 aromatic rings. The SMILES string of the molecule is C=C[C@@H](C)n1c(=O)c2c(nc3n2C[C@@H](C)CN3c2ccc(CCCC)cc2)n(C)c1=O. The zero-order chi connectivity index (χ0) is 22.3. The normalized spacial score (nSPS) is 17.0. The Morgan fingerprint density at radius 3 is 2.58 bits per heavy atom. The minimum atomic E-state index is -0.394. The molecule has 3 heterocycles. The van der Waals surface area contributed by atoms with Crippen LogP contribution in [0.1, 0.15) is 45.2 Å². The fourth-order valence-corrected chi connectivity index (χ4v) is 4.38. The number of hydrogen-bond acceptors (Lipinski definition) is 4. The number of anilines is 2. The van der Waals surface area contributed by atoms with Crippen LogP contribution in [0.2, 0.25) is 0 Å². The van der Waals surface area contributed by atoms with Gasteiger partial charge in [-0.25, -0.2) is 4.79 Å². The van der Waals surface area contributed by atoms with E-state index in [4.69, 9.17) is 4.98 Å². The lowest BCUT2D eigenvalue weighted by molar-refractivity contribution is 0.457. The van der Waals surface area contributed by atoms with E-state index in [9.17, 15) is 9.59 Å². The first-order chi connectivity index (χ1) is 14.9. The zero-order valence-corrected chi connectivity index (χ0v) is 18.8. The van der Waals surface area contributed by atoms with E-state index in [1.54, 1.807) is 20.0 Å². The largest absolute Gasteiger partial charge is 0.333 e. The quantitative estimate of drug-likeness (QED) is 0.568. The van der Waals surface area contributed by atoms with Crippen molar-refractivity contribution in [3.63, 3.8) is 0 Å². The van der Waals surface area contributed by atoms with Crippen molar-refractivity contribution >= 4 is 22.8 Å². The van der Waals surface area contributed by atoms with Crippen LogP contribution in [0.5, 0.6) is 0 Å². The maximum Gasteiger partial charge on any atom is 0.333 e. The molecule has 7 nitrogen and oxygen atoms in total. The van der Waals surface area contributed by atoms with Crippen molar-refractivity contribution in [1.29, 1.82) is 0 Å². The lowest BCUT2D eigenvalue weighted by Gasteiger charge is -2.33. The van der Waals surface area contributed by atoms with Gasteiger partial charge in [-0.3, -0.25) is 13.9 Å². The average Bonchev–Trinajstić information content (AvgIpc) is 3.15. The van der Waals surface area contributed by atoms with Crippen molar-refractivity contribution in [2.75, 3.05) is 11.4 Å². The van der Waals surface area contributed by atoms with Gasteiger partial charge in [0.1, 0.15) is 0 Å². The molecule has 0 fully saturated rings. The van der Waals surface area contributed by atoms with Crippen molar-refractivity contribution in [2.24, 2.45) is 13.0 Å². The molecule has 1 aliphatic rings. The van der Waals surface area contributed by atoms with Gasteiger partial charge in [0.05, 0.1) is 6.04 Å². The summed E-state index contributed by atoms with van der Waals surface area (Å²) in [7, 11) is 1.67. The smallest absolute Gasteiger partial charge is 0.312 e. The second-order valence-corrected chi connectivity index (χ2v) is 8.67. The Labute approximate surface area is 182 Å². The van der Waals surface area contributed by atoms with Gasteiger partial charge >= 0.3 is 5.69 Å². The molecule has 1 aliphatic heterocycles. The molecule has 7 heteroatoms. The zero-order valence-electron chi connectivity index (χ0n) is 18.8. The number of aromatic nitrogens is 4. The standard InChI is InChI=1S/C24H31N5O2/c1-6-8-9-18-10-12-19(13-11-18)27-14-16(3)15-28-20-21(25-23(27)28)26(5)24(31)29(22(20)30)17(4)7-2/h7,10-13,16-17H,2,6,8-9,14-15H2,1,3-5H3/t16-,17+/m0/s1. The van der Waals surface area contributed by atoms with Crippen LogP contribution in [-0.4, -0.2) is 25.2 Å². The molecule has 0 aliphatic carbocycles. The number of unbranched alkanes of at least 4 members (excludes halogenated alkanes) is 1. The summed E-state index contributed by atoms with van der Waals surface area (Å²) >= 11 is 0. The fraction of sp³-hybridized carbons (Fsp3) is 0.458. The van der Waals surface area contributed by atoms with Gasteiger partial charge in [-0.1, -0.05) is 38.5 Å². The van der Waals surface area contributed by atoms with Crippen LogP contribution in [0.25, 0.3) is 11.2 Å². The van der Waals surface area contributed by atoms with E-state index in [2.05, 4.69) is 49.6 Å². The Kier molecular flexibility index (Phi) is 5.60. The Morgan fingerprint density at radius 1 is 1.23 bits per heavy atom. The molecule has 0 bridgehead atoms. The molecule has 1 aromatic carbocycles. The van der Waals surface area contributed by atoms with Crippen molar-refractivity contribution in [2.45, 2.75) is 52.6 Å². The van der Waals surface area contributed by atoms with E-state index in [1.165, 1.54) is 27.5 Å². The van der Waals surface area contributed by atoms with Gasteiger partial charge in [-0.05, 0) is 43.4 Å². The molecule has 0 radical (unpaired) electrons. The summed E-state index contributed by atoms with van der Waals surface area (Å²) in [6.07, 6.45) is 5.04. The van der Waals surface area contributed by atoms with Crippen molar-refractivity contribution in [3.05, 3.63) is 63.3 Å². The lowest BCUT2D eigenvalue weighted by Crippen LogP contribution is -2.41. The minimum absolute atomic E-state index is 0.312. The highest BCUT2D eigenvalue weighted by molar-refractivity contribution is 5.77. The summed E-state index contributed by atoms with van der Waals surface area (Å²) in [4.78, 5) is 33.2. The highest BCUT2D eigenvalue weighted by Crippen LogP contribution is 2.33. The summed E-state index contributed by atoms with van der Waals surface area (Å²) in [5.41, 5.74) is 2.59. The highest BCUT2D eigenvalue weighted by atomic mass is 16.2. The van der Waals surface area contributed by atoms with Gasteiger partial charge < -0.3 is 9.47 Å².